The molecule has 4 nitrogen and oxygen atoms in total. The number of ether oxygens (including phenoxy) is 3. The molecule has 4 heteroatoms. The molecule has 0 bridgehead atoms. The van der Waals surface area contributed by atoms with Crippen molar-refractivity contribution in [2.45, 2.75) is 40.5 Å². The Morgan fingerprint density at radius 1 is 0.889 bits per heavy atom. The van der Waals surface area contributed by atoms with Gasteiger partial charge in [-0.1, -0.05) is 34.1 Å². The molecule has 0 spiro atoms. The van der Waals surface area contributed by atoms with Crippen molar-refractivity contribution in [2.24, 2.45) is 11.7 Å². The summed E-state index contributed by atoms with van der Waals surface area (Å²) in [5.41, 5.74) is 5.27. The van der Waals surface area contributed by atoms with Gasteiger partial charge >= 0.3 is 0 Å². The van der Waals surface area contributed by atoms with Crippen molar-refractivity contribution in [3.63, 3.8) is 0 Å². The summed E-state index contributed by atoms with van der Waals surface area (Å²) in [7, 11) is 0. The minimum absolute atomic E-state index is 0. The Kier molecular flexibility index (Phi) is 21.5. The molecule has 114 valence electrons. The molecule has 1 unspecified atom stereocenters. The van der Waals surface area contributed by atoms with Crippen LogP contribution in [0.25, 0.3) is 0 Å². The van der Waals surface area contributed by atoms with E-state index in [2.05, 4.69) is 13.8 Å². The van der Waals surface area contributed by atoms with Crippen molar-refractivity contribution in [3.8, 4) is 0 Å². The van der Waals surface area contributed by atoms with E-state index >= 15 is 0 Å². The van der Waals surface area contributed by atoms with Gasteiger partial charge in [0, 0.05) is 14.6 Å². The van der Waals surface area contributed by atoms with Gasteiger partial charge in [-0.15, -0.1) is 0 Å². The highest BCUT2D eigenvalue weighted by atomic mass is 16.5. The third-order valence-electron chi connectivity index (χ3n) is 2.46. The maximum absolute atomic E-state index is 5.45. The van der Waals surface area contributed by atoms with Crippen molar-refractivity contribution in [2.75, 3.05) is 46.2 Å². The molecule has 0 aliphatic heterocycles. The van der Waals surface area contributed by atoms with Crippen molar-refractivity contribution in [3.05, 3.63) is 0 Å². The Balaban J connectivity index is -0.000000809. The summed E-state index contributed by atoms with van der Waals surface area (Å²) in [6.45, 7) is 13.0. The number of hydrogen-bond acceptors (Lipinski definition) is 4. The average molecular weight is 265 g/mol. The maximum atomic E-state index is 5.45. The second-order valence-electron chi connectivity index (χ2n) is 3.93. The lowest BCUT2D eigenvalue weighted by Crippen LogP contribution is -2.13. The summed E-state index contributed by atoms with van der Waals surface area (Å²) < 4.78 is 15.9. The van der Waals surface area contributed by atoms with Crippen LogP contribution < -0.4 is 5.73 Å². The normalized spacial score (nSPS) is 11.8. The highest BCUT2D eigenvalue weighted by Gasteiger charge is 1.97. The number of nitrogens with two attached hydrogens (primary N) is 1. The molecule has 0 heterocycles. The van der Waals surface area contributed by atoms with Crippen LogP contribution in [0.3, 0.4) is 0 Å². The topological polar surface area (TPSA) is 53.7 Å². The average Bonchev–Trinajstić information content (AvgIpc) is 2.42. The van der Waals surface area contributed by atoms with E-state index in [1.54, 1.807) is 0 Å². The molecular weight excluding hydrogens is 230 g/mol. The van der Waals surface area contributed by atoms with E-state index in [1.165, 1.54) is 6.42 Å². The van der Waals surface area contributed by atoms with Gasteiger partial charge in [0.1, 0.15) is 0 Å². The van der Waals surface area contributed by atoms with Crippen LogP contribution in [0.2, 0.25) is 0 Å². The molecule has 0 aromatic heterocycles. The molecule has 2 N–H and O–H groups in total. The third-order valence-corrected chi connectivity index (χ3v) is 2.46. The van der Waals surface area contributed by atoms with Crippen LogP contribution in [0.15, 0.2) is 0 Å². The highest BCUT2D eigenvalue weighted by Crippen LogP contribution is 2.05. The Morgan fingerprint density at radius 3 is 1.78 bits per heavy atom. The van der Waals surface area contributed by atoms with Crippen LogP contribution in [-0.4, -0.2) is 46.2 Å². The van der Waals surface area contributed by atoms with Crippen molar-refractivity contribution in [1.82, 2.24) is 0 Å². The van der Waals surface area contributed by atoms with Crippen LogP contribution in [0.4, 0.5) is 0 Å². The van der Waals surface area contributed by atoms with Gasteiger partial charge in [0.25, 0.3) is 0 Å². The van der Waals surface area contributed by atoms with E-state index in [9.17, 15) is 0 Å². The predicted molar refractivity (Wildman–Crippen MR) is 79.0 cm³/mol. The zero-order valence-electron chi connectivity index (χ0n) is 12.7. The first kappa shape index (κ1) is 20.2. The second-order valence-corrected chi connectivity index (χ2v) is 3.93. The first-order valence-corrected chi connectivity index (χ1v) is 7.24. The Morgan fingerprint density at radius 2 is 1.33 bits per heavy atom. The van der Waals surface area contributed by atoms with Gasteiger partial charge in [-0.3, -0.25) is 0 Å². The van der Waals surface area contributed by atoms with Gasteiger partial charge in [0.2, 0.25) is 0 Å². The molecule has 0 saturated heterocycles. The molecule has 18 heavy (non-hydrogen) atoms. The van der Waals surface area contributed by atoms with Crippen molar-refractivity contribution < 1.29 is 15.6 Å². The molecule has 0 saturated carbocycles. The van der Waals surface area contributed by atoms with Crippen molar-refractivity contribution >= 4 is 0 Å². The molecule has 0 aromatic carbocycles. The van der Waals surface area contributed by atoms with E-state index in [0.29, 0.717) is 39.6 Å². The largest absolute Gasteiger partial charge is 0.379 e. The van der Waals surface area contributed by atoms with Crippen LogP contribution >= 0.6 is 0 Å². The fourth-order valence-electron chi connectivity index (χ4n) is 1.11. The lowest BCUT2D eigenvalue weighted by Gasteiger charge is -2.09. The molecule has 0 aromatic rings. The summed E-state index contributed by atoms with van der Waals surface area (Å²) in [5, 5.41) is 0. The quantitative estimate of drug-likeness (QED) is 0.551. The van der Waals surface area contributed by atoms with E-state index in [4.69, 9.17) is 19.9 Å². The molecule has 0 aliphatic carbocycles. The van der Waals surface area contributed by atoms with Crippen molar-refractivity contribution in [1.29, 1.82) is 0 Å². The number of hydrogen-bond donors (Lipinski definition) is 1. The maximum Gasteiger partial charge on any atom is 0.0701 e. The van der Waals surface area contributed by atoms with E-state index in [-0.39, 0.29) is 1.43 Å². The lowest BCUT2D eigenvalue weighted by atomic mass is 10.1. The van der Waals surface area contributed by atoms with Gasteiger partial charge in [-0.25, -0.2) is 0 Å². The molecular formula is C14H35NO3. The molecule has 1 atom stereocenters. The molecule has 0 fully saturated rings. The summed E-state index contributed by atoms with van der Waals surface area (Å²) in [4.78, 5) is 0. The third kappa shape index (κ3) is 18.2. The fraction of sp³-hybridized carbons (Fsp3) is 1.00. The van der Waals surface area contributed by atoms with Gasteiger partial charge < -0.3 is 19.9 Å². The van der Waals surface area contributed by atoms with E-state index in [1.807, 2.05) is 13.8 Å². The van der Waals surface area contributed by atoms with Gasteiger partial charge in [0.15, 0.2) is 0 Å². The first-order valence-electron chi connectivity index (χ1n) is 7.24. The van der Waals surface area contributed by atoms with Gasteiger partial charge in [-0.2, -0.15) is 0 Å². The summed E-state index contributed by atoms with van der Waals surface area (Å²) in [6, 6.07) is 0. The Hall–Kier alpha value is -0.160. The Bertz CT molecular complexity index is 140. The van der Waals surface area contributed by atoms with Gasteiger partial charge in [-0.05, 0) is 12.3 Å². The monoisotopic (exact) mass is 265 g/mol. The summed E-state index contributed by atoms with van der Waals surface area (Å²) in [5.74, 6) is 0.755. The zero-order valence-corrected chi connectivity index (χ0v) is 12.7. The van der Waals surface area contributed by atoms with E-state index in [0.717, 1.165) is 18.9 Å². The standard InChI is InChI=1S/C12H27NO3.C2H6.H2/c1-3-12(2)4-6-14-8-10-16-11-9-15-7-5-13;1-2;/h12H,3-11,13H2,1-2H3;1-2H3;1H. The second kappa shape index (κ2) is 19.2. The molecule has 0 radical (unpaired) electrons. The molecule has 0 rings (SSSR count). The lowest BCUT2D eigenvalue weighted by molar-refractivity contribution is 0.0138. The predicted octanol–water partition coefficient (Wildman–Crippen LogP) is 2.70. The van der Waals surface area contributed by atoms with Crippen LogP contribution in [0, 0.1) is 5.92 Å². The number of rotatable bonds is 12. The summed E-state index contributed by atoms with van der Waals surface area (Å²) >= 11 is 0. The fourth-order valence-corrected chi connectivity index (χ4v) is 1.11. The van der Waals surface area contributed by atoms with Crippen LogP contribution in [0.5, 0.6) is 0 Å². The van der Waals surface area contributed by atoms with Crippen LogP contribution in [0.1, 0.15) is 42.0 Å². The van der Waals surface area contributed by atoms with E-state index < -0.39 is 0 Å². The summed E-state index contributed by atoms with van der Waals surface area (Å²) in [6.07, 6.45) is 2.36. The SMILES string of the molecule is CC.CCC(C)CCOCCOCCOCCN.[HH]. The minimum Gasteiger partial charge on any atom is -0.379 e. The van der Waals surface area contributed by atoms with Gasteiger partial charge in [0.05, 0.1) is 33.0 Å². The zero-order chi connectivity index (χ0) is 14.1. The highest BCUT2D eigenvalue weighted by molar-refractivity contribution is 4.48. The first-order chi connectivity index (χ1) is 8.81. The Labute approximate surface area is 115 Å². The molecule has 0 amide bonds. The molecule has 0 aliphatic rings. The minimum atomic E-state index is 0. The smallest absolute Gasteiger partial charge is 0.0701 e. The van der Waals surface area contributed by atoms with Crippen LogP contribution in [-0.2, 0) is 14.2 Å².